The second kappa shape index (κ2) is 9.77. The van der Waals surface area contributed by atoms with Gasteiger partial charge in [0, 0.05) is 33.6 Å². The molecular weight excluding hydrogens is 446 g/mol. The van der Waals surface area contributed by atoms with Gasteiger partial charge >= 0.3 is 5.97 Å². The number of hydrogen-bond acceptors (Lipinski definition) is 5. The summed E-state index contributed by atoms with van der Waals surface area (Å²) >= 11 is 1.26. The highest BCUT2D eigenvalue weighted by Gasteiger charge is 2.21. The summed E-state index contributed by atoms with van der Waals surface area (Å²) in [5.74, 6) is -1.15. The van der Waals surface area contributed by atoms with Crippen LogP contribution in [0.15, 0.2) is 72.4 Å². The van der Waals surface area contributed by atoms with Crippen molar-refractivity contribution >= 4 is 45.2 Å². The molecule has 0 bridgehead atoms. The Labute approximate surface area is 201 Å². The van der Waals surface area contributed by atoms with E-state index in [0.29, 0.717) is 5.00 Å². The minimum Gasteiger partial charge on any atom is -0.465 e. The highest BCUT2D eigenvalue weighted by Crippen LogP contribution is 2.36. The van der Waals surface area contributed by atoms with Gasteiger partial charge in [-0.05, 0) is 37.6 Å². The van der Waals surface area contributed by atoms with Crippen molar-refractivity contribution in [2.24, 2.45) is 0 Å². The van der Waals surface area contributed by atoms with Gasteiger partial charge in [-0.15, -0.1) is 11.3 Å². The van der Waals surface area contributed by atoms with Crippen LogP contribution in [0.25, 0.3) is 27.4 Å². The van der Waals surface area contributed by atoms with Crippen molar-refractivity contribution in [2.75, 3.05) is 12.4 Å². The quantitative estimate of drug-likeness (QED) is 0.205. The number of carbonyl (C=O) groups is 2. The molecule has 0 unspecified atom stereocenters. The maximum absolute atomic E-state index is 13.1. The molecule has 4 aromatic rings. The Morgan fingerprint density at radius 2 is 1.82 bits per heavy atom. The van der Waals surface area contributed by atoms with Crippen molar-refractivity contribution in [3.63, 3.8) is 0 Å². The van der Waals surface area contributed by atoms with E-state index in [1.54, 1.807) is 12.1 Å². The number of amides is 1. The van der Waals surface area contributed by atoms with Gasteiger partial charge in [-0.1, -0.05) is 48.5 Å². The van der Waals surface area contributed by atoms with E-state index in [4.69, 9.17) is 4.74 Å². The highest BCUT2D eigenvalue weighted by atomic mass is 32.1. The number of nitrogens with zero attached hydrogens (tertiary/aromatic N) is 2. The van der Waals surface area contributed by atoms with Gasteiger partial charge in [-0.2, -0.15) is 5.26 Å². The van der Waals surface area contributed by atoms with Crippen LogP contribution in [0.3, 0.4) is 0 Å². The van der Waals surface area contributed by atoms with E-state index in [-0.39, 0.29) is 17.2 Å². The molecule has 1 amide bonds. The van der Waals surface area contributed by atoms with Gasteiger partial charge in [0.05, 0.1) is 12.7 Å². The van der Waals surface area contributed by atoms with Gasteiger partial charge in [0.15, 0.2) is 0 Å². The van der Waals surface area contributed by atoms with Crippen molar-refractivity contribution < 1.29 is 14.3 Å². The number of nitrogens with one attached hydrogen (secondary N) is 1. The number of benzene rings is 2. The Balaban J connectivity index is 1.70. The van der Waals surface area contributed by atoms with Gasteiger partial charge in [-0.25, -0.2) is 4.79 Å². The predicted molar refractivity (Wildman–Crippen MR) is 136 cm³/mol. The number of anilines is 1. The van der Waals surface area contributed by atoms with Crippen LogP contribution in [-0.2, 0) is 9.53 Å². The molecule has 6 nitrogen and oxygen atoms in total. The fraction of sp³-hybridized carbons (Fsp3) is 0.148. The normalized spacial score (nSPS) is 11.4. The SMILES string of the molecule is COC(=O)c1cc(-c2ccccc2)sc1NC(=O)/C(C#N)=C/c1cn(C(C)C)c2ccccc12. The average molecular weight is 470 g/mol. The first-order valence-electron chi connectivity index (χ1n) is 10.7. The van der Waals surface area contributed by atoms with E-state index < -0.39 is 11.9 Å². The third kappa shape index (κ3) is 4.49. The molecule has 7 heteroatoms. The number of thiophene rings is 1. The lowest BCUT2D eigenvalue weighted by molar-refractivity contribution is -0.112. The van der Waals surface area contributed by atoms with Crippen molar-refractivity contribution in [1.29, 1.82) is 5.26 Å². The van der Waals surface area contributed by atoms with Crippen LogP contribution in [0, 0.1) is 11.3 Å². The molecule has 2 aromatic heterocycles. The van der Waals surface area contributed by atoms with Gasteiger partial charge in [0.25, 0.3) is 5.91 Å². The molecule has 4 rings (SSSR count). The number of rotatable bonds is 6. The summed E-state index contributed by atoms with van der Waals surface area (Å²) in [6, 6.07) is 21.3. The number of para-hydroxylation sites is 1. The highest BCUT2D eigenvalue weighted by molar-refractivity contribution is 7.20. The molecule has 0 aliphatic heterocycles. The summed E-state index contributed by atoms with van der Waals surface area (Å²) in [5, 5.41) is 13.8. The van der Waals surface area contributed by atoms with Crippen LogP contribution in [0.2, 0.25) is 0 Å². The minimum atomic E-state index is -0.588. The number of nitriles is 1. The monoisotopic (exact) mass is 469 g/mol. The molecule has 0 saturated heterocycles. The van der Waals surface area contributed by atoms with Gasteiger partial charge in [-0.3, -0.25) is 4.79 Å². The molecule has 0 atom stereocenters. The number of methoxy groups -OCH3 is 1. The lowest BCUT2D eigenvalue weighted by Gasteiger charge is -2.08. The Kier molecular flexibility index (Phi) is 6.62. The summed E-state index contributed by atoms with van der Waals surface area (Å²) in [6.45, 7) is 4.15. The zero-order chi connectivity index (χ0) is 24.2. The van der Waals surface area contributed by atoms with Crippen LogP contribution in [0.1, 0.15) is 35.8 Å². The average Bonchev–Trinajstić information content (AvgIpc) is 3.44. The van der Waals surface area contributed by atoms with E-state index in [0.717, 1.165) is 26.9 Å². The zero-order valence-corrected chi connectivity index (χ0v) is 19.8. The molecular formula is C27H23N3O3S. The topological polar surface area (TPSA) is 84.1 Å². The first-order chi connectivity index (χ1) is 16.4. The van der Waals surface area contributed by atoms with E-state index in [1.165, 1.54) is 18.4 Å². The number of hydrogen-bond donors (Lipinski definition) is 1. The summed E-state index contributed by atoms with van der Waals surface area (Å²) in [7, 11) is 1.29. The largest absolute Gasteiger partial charge is 0.465 e. The van der Waals surface area contributed by atoms with Gasteiger partial charge < -0.3 is 14.6 Å². The van der Waals surface area contributed by atoms with Gasteiger partial charge in [0.1, 0.15) is 16.6 Å². The lowest BCUT2D eigenvalue weighted by Crippen LogP contribution is -2.15. The Morgan fingerprint density at radius 1 is 1.12 bits per heavy atom. The molecule has 0 radical (unpaired) electrons. The van der Waals surface area contributed by atoms with Crippen LogP contribution < -0.4 is 5.32 Å². The maximum atomic E-state index is 13.1. The Bertz CT molecular complexity index is 1440. The molecule has 2 heterocycles. The zero-order valence-electron chi connectivity index (χ0n) is 19.0. The number of ether oxygens (including phenoxy) is 1. The number of carbonyl (C=O) groups excluding carboxylic acids is 2. The molecule has 0 aliphatic carbocycles. The van der Waals surface area contributed by atoms with E-state index in [2.05, 4.69) is 23.7 Å². The number of aromatic nitrogens is 1. The second-order valence-electron chi connectivity index (χ2n) is 7.94. The first kappa shape index (κ1) is 23.0. The molecule has 0 spiro atoms. The Morgan fingerprint density at radius 3 is 2.50 bits per heavy atom. The number of esters is 1. The van der Waals surface area contributed by atoms with Crippen molar-refractivity contribution in [3.8, 4) is 16.5 Å². The first-order valence-corrected chi connectivity index (χ1v) is 11.5. The molecule has 34 heavy (non-hydrogen) atoms. The second-order valence-corrected chi connectivity index (χ2v) is 8.99. The summed E-state index contributed by atoms with van der Waals surface area (Å²) in [4.78, 5) is 26.2. The molecule has 0 aliphatic rings. The molecule has 0 fully saturated rings. The third-order valence-corrected chi connectivity index (χ3v) is 6.51. The summed E-state index contributed by atoms with van der Waals surface area (Å²) in [5.41, 5.74) is 2.90. The predicted octanol–water partition coefficient (Wildman–Crippen LogP) is 6.28. The van der Waals surface area contributed by atoms with Crippen LogP contribution >= 0.6 is 11.3 Å². The fourth-order valence-electron chi connectivity index (χ4n) is 3.74. The molecule has 0 saturated carbocycles. The van der Waals surface area contributed by atoms with Crippen LogP contribution in [-0.4, -0.2) is 23.6 Å². The third-order valence-electron chi connectivity index (χ3n) is 5.42. The standard InChI is InChI=1S/C27H23N3O3S/c1-17(2)30-16-20(21-11-7-8-12-23(21)30)13-19(15-28)25(31)29-26-22(27(32)33-3)14-24(34-26)18-9-5-4-6-10-18/h4-14,16-17H,1-3H3,(H,29,31)/b19-13+. The van der Waals surface area contributed by atoms with Crippen LogP contribution in [0.4, 0.5) is 5.00 Å². The summed E-state index contributed by atoms with van der Waals surface area (Å²) in [6.07, 6.45) is 3.53. The fourth-order valence-corrected chi connectivity index (χ4v) is 4.79. The minimum absolute atomic E-state index is 0.0582. The Hall–Kier alpha value is -4.15. The van der Waals surface area contributed by atoms with Crippen LogP contribution in [0.5, 0.6) is 0 Å². The molecule has 2 aromatic carbocycles. The smallest absolute Gasteiger partial charge is 0.340 e. The lowest BCUT2D eigenvalue weighted by atomic mass is 10.1. The molecule has 1 N–H and O–H groups in total. The molecule has 170 valence electrons. The van der Waals surface area contributed by atoms with E-state index in [1.807, 2.05) is 66.9 Å². The van der Waals surface area contributed by atoms with E-state index >= 15 is 0 Å². The van der Waals surface area contributed by atoms with Crippen molar-refractivity contribution in [2.45, 2.75) is 19.9 Å². The van der Waals surface area contributed by atoms with Crippen molar-refractivity contribution in [3.05, 3.63) is 83.6 Å². The van der Waals surface area contributed by atoms with Crippen molar-refractivity contribution in [1.82, 2.24) is 4.57 Å². The van der Waals surface area contributed by atoms with E-state index in [9.17, 15) is 14.9 Å². The summed E-state index contributed by atoms with van der Waals surface area (Å²) < 4.78 is 7.00. The van der Waals surface area contributed by atoms with Gasteiger partial charge in [0.2, 0.25) is 0 Å². The number of fused-ring (bicyclic) bond motifs is 1. The maximum Gasteiger partial charge on any atom is 0.340 e.